The van der Waals surface area contributed by atoms with Gasteiger partial charge in [-0.1, -0.05) is 6.92 Å². The van der Waals surface area contributed by atoms with Crippen LogP contribution in [0, 0.1) is 0 Å². The highest BCUT2D eigenvalue weighted by molar-refractivity contribution is 9.10. The van der Waals surface area contributed by atoms with Gasteiger partial charge in [-0.05, 0) is 47.0 Å². The third kappa shape index (κ3) is 2.48. The van der Waals surface area contributed by atoms with Crippen LogP contribution >= 0.6 is 15.9 Å². The SMILES string of the molecule is CCN(C1CC1)S(=O)(=O)c1ccc(N)c(Br)c1. The van der Waals surface area contributed by atoms with Crippen LogP contribution in [0.5, 0.6) is 0 Å². The maximum absolute atomic E-state index is 12.4. The molecule has 6 heteroatoms. The molecule has 0 aliphatic heterocycles. The second-order valence-corrected chi connectivity index (χ2v) is 6.87. The van der Waals surface area contributed by atoms with Crippen molar-refractivity contribution in [1.29, 1.82) is 0 Å². The van der Waals surface area contributed by atoms with Gasteiger partial charge in [-0.3, -0.25) is 0 Å². The minimum atomic E-state index is -3.38. The van der Waals surface area contributed by atoms with Crippen molar-refractivity contribution in [1.82, 2.24) is 4.31 Å². The number of sulfonamides is 1. The van der Waals surface area contributed by atoms with Gasteiger partial charge in [-0.15, -0.1) is 0 Å². The second kappa shape index (κ2) is 4.59. The number of benzene rings is 1. The lowest BCUT2D eigenvalue weighted by molar-refractivity contribution is 0.421. The van der Waals surface area contributed by atoms with Gasteiger partial charge in [0.1, 0.15) is 0 Å². The van der Waals surface area contributed by atoms with Crippen molar-refractivity contribution in [2.75, 3.05) is 12.3 Å². The van der Waals surface area contributed by atoms with E-state index in [4.69, 9.17) is 5.73 Å². The summed E-state index contributed by atoms with van der Waals surface area (Å²) < 4.78 is 26.9. The molecule has 1 aromatic rings. The summed E-state index contributed by atoms with van der Waals surface area (Å²) in [5.41, 5.74) is 6.20. The molecule has 0 unspecified atom stereocenters. The maximum atomic E-state index is 12.4. The Kier molecular flexibility index (Phi) is 3.47. The molecule has 0 atom stereocenters. The molecule has 1 saturated carbocycles. The first-order valence-electron chi connectivity index (χ1n) is 5.53. The van der Waals surface area contributed by atoms with Crippen molar-refractivity contribution in [3.63, 3.8) is 0 Å². The Bertz CT molecular complexity index is 526. The van der Waals surface area contributed by atoms with Crippen molar-refractivity contribution >= 4 is 31.6 Å². The Hall–Kier alpha value is -0.590. The number of nitrogens with zero attached hydrogens (tertiary/aromatic N) is 1. The van der Waals surface area contributed by atoms with Gasteiger partial charge in [0.05, 0.1) is 4.90 Å². The van der Waals surface area contributed by atoms with Crippen LogP contribution in [-0.4, -0.2) is 25.3 Å². The lowest BCUT2D eigenvalue weighted by Crippen LogP contribution is -2.32. The molecule has 0 radical (unpaired) electrons. The third-order valence-electron chi connectivity index (χ3n) is 2.84. The average Bonchev–Trinajstić information content (AvgIpc) is 3.07. The van der Waals surface area contributed by atoms with E-state index in [0.29, 0.717) is 21.6 Å². The topological polar surface area (TPSA) is 63.4 Å². The van der Waals surface area contributed by atoms with E-state index in [9.17, 15) is 8.42 Å². The lowest BCUT2D eigenvalue weighted by atomic mass is 10.3. The number of hydrogen-bond acceptors (Lipinski definition) is 3. The van der Waals surface area contributed by atoms with Gasteiger partial charge in [0.25, 0.3) is 0 Å². The van der Waals surface area contributed by atoms with Gasteiger partial charge in [0.15, 0.2) is 0 Å². The molecule has 0 amide bonds. The van der Waals surface area contributed by atoms with Crippen LogP contribution in [0.1, 0.15) is 19.8 Å². The minimum absolute atomic E-state index is 0.182. The largest absolute Gasteiger partial charge is 0.398 e. The van der Waals surface area contributed by atoms with E-state index < -0.39 is 10.0 Å². The number of anilines is 1. The van der Waals surface area contributed by atoms with E-state index in [0.717, 1.165) is 12.8 Å². The standard InChI is InChI=1S/C11H15BrN2O2S/c1-2-14(8-3-4-8)17(15,16)9-5-6-11(13)10(12)7-9/h5-8H,2-4,13H2,1H3. The number of nitrogen functional groups attached to an aromatic ring is 1. The van der Waals surface area contributed by atoms with Crippen molar-refractivity contribution in [2.24, 2.45) is 0 Å². The molecule has 0 heterocycles. The Morgan fingerprint density at radius 3 is 2.59 bits per heavy atom. The van der Waals surface area contributed by atoms with Crippen molar-refractivity contribution in [3.05, 3.63) is 22.7 Å². The van der Waals surface area contributed by atoms with Gasteiger partial charge in [-0.25, -0.2) is 8.42 Å². The van der Waals surface area contributed by atoms with Crippen molar-refractivity contribution in [3.8, 4) is 0 Å². The smallest absolute Gasteiger partial charge is 0.243 e. The van der Waals surface area contributed by atoms with E-state index in [1.807, 2.05) is 6.92 Å². The van der Waals surface area contributed by atoms with E-state index >= 15 is 0 Å². The average molecular weight is 319 g/mol. The molecule has 0 aromatic heterocycles. The molecular formula is C11H15BrN2O2S. The zero-order valence-corrected chi connectivity index (χ0v) is 12.0. The summed E-state index contributed by atoms with van der Waals surface area (Å²) in [5, 5.41) is 0. The molecule has 1 aliphatic carbocycles. The molecule has 4 nitrogen and oxygen atoms in total. The van der Waals surface area contributed by atoms with Gasteiger partial charge < -0.3 is 5.73 Å². The van der Waals surface area contributed by atoms with Crippen molar-refractivity contribution in [2.45, 2.75) is 30.7 Å². The van der Waals surface area contributed by atoms with E-state index in [-0.39, 0.29) is 6.04 Å². The molecule has 2 N–H and O–H groups in total. The number of hydrogen-bond donors (Lipinski definition) is 1. The molecule has 2 rings (SSSR count). The van der Waals surface area contributed by atoms with Crippen molar-refractivity contribution < 1.29 is 8.42 Å². The first-order valence-corrected chi connectivity index (χ1v) is 7.77. The summed E-state index contributed by atoms with van der Waals surface area (Å²) >= 11 is 3.25. The maximum Gasteiger partial charge on any atom is 0.243 e. The Balaban J connectivity index is 2.39. The van der Waals surface area contributed by atoms with Crippen LogP contribution < -0.4 is 5.73 Å². The van der Waals surface area contributed by atoms with Gasteiger partial charge in [-0.2, -0.15) is 4.31 Å². The number of nitrogens with two attached hydrogens (primary N) is 1. The molecular weight excluding hydrogens is 304 g/mol. The predicted octanol–water partition coefficient (Wildman–Crippen LogP) is 2.20. The first kappa shape index (κ1) is 12.9. The fraction of sp³-hybridized carbons (Fsp3) is 0.455. The molecule has 94 valence electrons. The van der Waals surface area contributed by atoms with E-state index in [1.54, 1.807) is 22.5 Å². The zero-order valence-electron chi connectivity index (χ0n) is 9.56. The Morgan fingerprint density at radius 1 is 1.47 bits per heavy atom. The highest BCUT2D eigenvalue weighted by atomic mass is 79.9. The van der Waals surface area contributed by atoms with Crippen LogP contribution in [0.15, 0.2) is 27.6 Å². The molecule has 0 spiro atoms. The van der Waals surface area contributed by atoms with Gasteiger partial charge >= 0.3 is 0 Å². The summed E-state index contributed by atoms with van der Waals surface area (Å²) in [6.07, 6.45) is 1.92. The van der Waals surface area contributed by atoms with Gasteiger partial charge in [0, 0.05) is 22.7 Å². The fourth-order valence-electron chi connectivity index (χ4n) is 1.79. The number of rotatable bonds is 4. The Labute approximate surface area is 110 Å². The zero-order chi connectivity index (χ0) is 12.6. The predicted molar refractivity (Wildman–Crippen MR) is 71.1 cm³/mol. The summed E-state index contributed by atoms with van der Waals surface area (Å²) in [5.74, 6) is 0. The Morgan fingerprint density at radius 2 is 2.12 bits per heavy atom. The summed E-state index contributed by atoms with van der Waals surface area (Å²) in [6, 6.07) is 4.91. The first-order chi connectivity index (χ1) is 7.96. The fourth-order valence-corrected chi connectivity index (χ4v) is 4.04. The molecule has 0 saturated heterocycles. The quantitative estimate of drug-likeness (QED) is 0.866. The van der Waals surface area contributed by atoms with E-state index in [2.05, 4.69) is 15.9 Å². The molecule has 0 bridgehead atoms. The second-order valence-electron chi connectivity index (χ2n) is 4.12. The van der Waals surface area contributed by atoms with Crippen LogP contribution in [0.3, 0.4) is 0 Å². The number of halogens is 1. The highest BCUT2D eigenvalue weighted by Gasteiger charge is 2.36. The summed E-state index contributed by atoms with van der Waals surface area (Å²) in [6.45, 7) is 2.37. The molecule has 17 heavy (non-hydrogen) atoms. The molecule has 1 aliphatic rings. The summed E-state index contributed by atoms with van der Waals surface area (Å²) in [7, 11) is -3.38. The van der Waals surface area contributed by atoms with Gasteiger partial charge in [0.2, 0.25) is 10.0 Å². The lowest BCUT2D eigenvalue weighted by Gasteiger charge is -2.20. The highest BCUT2D eigenvalue weighted by Crippen LogP contribution is 2.33. The summed E-state index contributed by atoms with van der Waals surface area (Å²) in [4.78, 5) is 0.298. The van der Waals surface area contributed by atoms with Crippen LogP contribution in [0.4, 0.5) is 5.69 Å². The minimum Gasteiger partial charge on any atom is -0.398 e. The van der Waals surface area contributed by atoms with Crippen LogP contribution in [0.2, 0.25) is 0 Å². The van der Waals surface area contributed by atoms with Crippen LogP contribution in [-0.2, 0) is 10.0 Å². The third-order valence-corrected chi connectivity index (χ3v) is 5.55. The monoisotopic (exact) mass is 318 g/mol. The molecule has 1 aromatic carbocycles. The molecule has 1 fully saturated rings. The van der Waals surface area contributed by atoms with Crippen LogP contribution in [0.25, 0.3) is 0 Å². The van der Waals surface area contributed by atoms with E-state index in [1.165, 1.54) is 0 Å². The normalized spacial score (nSPS) is 16.4.